The lowest BCUT2D eigenvalue weighted by Crippen LogP contribution is -2.35. The molecular formula is C20H23N3O2. The summed E-state index contributed by atoms with van der Waals surface area (Å²) < 4.78 is 0. The Morgan fingerprint density at radius 1 is 0.840 bits per heavy atom. The van der Waals surface area contributed by atoms with Crippen LogP contribution in [-0.2, 0) is 4.79 Å². The third kappa shape index (κ3) is 4.83. The molecular weight excluding hydrogens is 314 g/mol. The molecule has 1 heterocycles. The number of anilines is 2. The van der Waals surface area contributed by atoms with Crippen LogP contribution in [0.3, 0.4) is 0 Å². The van der Waals surface area contributed by atoms with E-state index in [0.29, 0.717) is 11.3 Å². The number of amides is 2. The summed E-state index contributed by atoms with van der Waals surface area (Å²) in [4.78, 5) is 26.3. The van der Waals surface area contributed by atoms with Gasteiger partial charge in [-0.15, -0.1) is 0 Å². The third-order valence-corrected chi connectivity index (χ3v) is 4.29. The number of carbonyl (C=O) groups excluding carboxylic acids is 2. The van der Waals surface area contributed by atoms with Gasteiger partial charge in [0.25, 0.3) is 5.91 Å². The Morgan fingerprint density at radius 3 is 2.20 bits per heavy atom. The number of benzene rings is 2. The van der Waals surface area contributed by atoms with Crippen molar-refractivity contribution in [1.29, 1.82) is 0 Å². The lowest BCUT2D eigenvalue weighted by molar-refractivity contribution is -0.114. The molecule has 5 heteroatoms. The number of para-hydroxylation sites is 1. The number of rotatable bonds is 5. The molecule has 0 aromatic heterocycles. The number of piperidine rings is 1. The fourth-order valence-corrected chi connectivity index (χ4v) is 2.92. The van der Waals surface area contributed by atoms with Gasteiger partial charge in [-0.1, -0.05) is 18.2 Å². The maximum atomic E-state index is 12.4. The summed E-state index contributed by atoms with van der Waals surface area (Å²) in [5.74, 6) is -0.0534. The molecule has 0 radical (unpaired) electrons. The quantitative estimate of drug-likeness (QED) is 0.879. The molecule has 5 nitrogen and oxygen atoms in total. The first kappa shape index (κ1) is 17.0. The number of likely N-dealkylation sites (tertiary alicyclic amines) is 1. The van der Waals surface area contributed by atoms with Crippen LogP contribution in [0.5, 0.6) is 0 Å². The van der Waals surface area contributed by atoms with E-state index in [0.717, 1.165) is 31.6 Å². The van der Waals surface area contributed by atoms with E-state index in [9.17, 15) is 9.59 Å². The normalized spacial score (nSPS) is 14.0. The van der Waals surface area contributed by atoms with Crippen LogP contribution in [0, 0.1) is 0 Å². The first-order valence-corrected chi connectivity index (χ1v) is 8.70. The van der Waals surface area contributed by atoms with Crippen molar-refractivity contribution in [2.45, 2.75) is 19.3 Å². The molecule has 1 saturated heterocycles. The van der Waals surface area contributed by atoms with Gasteiger partial charge in [-0.3, -0.25) is 9.59 Å². The molecule has 25 heavy (non-hydrogen) atoms. The lowest BCUT2D eigenvalue weighted by atomic mass is 10.1. The maximum absolute atomic E-state index is 12.4. The van der Waals surface area contributed by atoms with Crippen molar-refractivity contribution in [1.82, 2.24) is 4.90 Å². The summed E-state index contributed by atoms with van der Waals surface area (Å²) in [6.07, 6.45) is 3.36. The summed E-state index contributed by atoms with van der Waals surface area (Å²) in [7, 11) is 0. The predicted octanol–water partition coefficient (Wildman–Crippen LogP) is 3.36. The van der Waals surface area contributed by atoms with Crippen molar-refractivity contribution >= 4 is 23.2 Å². The highest BCUT2D eigenvalue weighted by Crippen LogP contribution is 2.15. The molecule has 0 bridgehead atoms. The van der Waals surface area contributed by atoms with Gasteiger partial charge in [0.15, 0.2) is 0 Å². The topological polar surface area (TPSA) is 61.4 Å². The number of nitrogens with one attached hydrogen (secondary N) is 2. The largest absolute Gasteiger partial charge is 0.376 e. The highest BCUT2D eigenvalue weighted by molar-refractivity contribution is 5.96. The molecule has 0 unspecified atom stereocenters. The average Bonchev–Trinajstić information content (AvgIpc) is 2.68. The second-order valence-corrected chi connectivity index (χ2v) is 6.20. The van der Waals surface area contributed by atoms with Crippen molar-refractivity contribution in [3.63, 3.8) is 0 Å². The molecule has 3 rings (SSSR count). The van der Waals surface area contributed by atoms with E-state index in [1.165, 1.54) is 6.42 Å². The van der Waals surface area contributed by atoms with Crippen LogP contribution in [0.15, 0.2) is 54.6 Å². The Hall–Kier alpha value is -2.82. The second kappa shape index (κ2) is 8.33. The molecule has 0 saturated carbocycles. The number of nitrogens with zero attached hydrogens (tertiary/aromatic N) is 1. The summed E-state index contributed by atoms with van der Waals surface area (Å²) >= 11 is 0. The molecule has 2 amide bonds. The number of hydrogen-bond donors (Lipinski definition) is 2. The molecule has 0 spiro atoms. The molecule has 2 N–H and O–H groups in total. The van der Waals surface area contributed by atoms with Crippen molar-refractivity contribution in [3.8, 4) is 0 Å². The molecule has 0 aliphatic carbocycles. The van der Waals surface area contributed by atoms with E-state index < -0.39 is 0 Å². The zero-order valence-corrected chi connectivity index (χ0v) is 14.2. The van der Waals surface area contributed by atoms with Crippen LogP contribution in [0.1, 0.15) is 29.6 Å². The van der Waals surface area contributed by atoms with E-state index in [-0.39, 0.29) is 18.4 Å². The lowest BCUT2D eigenvalue weighted by Gasteiger charge is -2.26. The minimum Gasteiger partial charge on any atom is -0.376 e. The first-order chi connectivity index (χ1) is 12.2. The Labute approximate surface area is 148 Å². The van der Waals surface area contributed by atoms with Gasteiger partial charge in [0, 0.05) is 30.0 Å². The highest BCUT2D eigenvalue weighted by atomic mass is 16.2. The average molecular weight is 337 g/mol. The summed E-state index contributed by atoms with van der Waals surface area (Å²) in [6.45, 7) is 1.86. The molecule has 1 aliphatic heterocycles. The summed E-state index contributed by atoms with van der Waals surface area (Å²) in [5, 5.41) is 5.90. The van der Waals surface area contributed by atoms with Crippen molar-refractivity contribution < 1.29 is 9.59 Å². The standard InChI is InChI=1S/C20H23N3O2/c24-19(15-21-17-7-3-1-4-8-17)22-18-11-9-16(10-12-18)20(25)23-13-5-2-6-14-23/h1,3-4,7-12,21H,2,5-6,13-15H2,(H,22,24). The van der Waals surface area contributed by atoms with Gasteiger partial charge in [-0.05, 0) is 55.7 Å². The van der Waals surface area contributed by atoms with Crippen LogP contribution >= 0.6 is 0 Å². The third-order valence-electron chi connectivity index (χ3n) is 4.29. The van der Waals surface area contributed by atoms with Crippen molar-refractivity contribution in [2.75, 3.05) is 30.3 Å². The van der Waals surface area contributed by atoms with Crippen LogP contribution < -0.4 is 10.6 Å². The molecule has 1 aliphatic rings. The van der Waals surface area contributed by atoms with Crippen molar-refractivity contribution in [2.24, 2.45) is 0 Å². The Bertz CT molecular complexity index is 707. The zero-order chi connectivity index (χ0) is 17.5. The molecule has 2 aromatic rings. The van der Waals surface area contributed by atoms with Gasteiger partial charge < -0.3 is 15.5 Å². The Morgan fingerprint density at radius 2 is 1.52 bits per heavy atom. The van der Waals surface area contributed by atoms with Crippen LogP contribution in [0.4, 0.5) is 11.4 Å². The van der Waals surface area contributed by atoms with Crippen LogP contribution in [-0.4, -0.2) is 36.3 Å². The second-order valence-electron chi connectivity index (χ2n) is 6.20. The van der Waals surface area contributed by atoms with Gasteiger partial charge in [-0.2, -0.15) is 0 Å². The summed E-state index contributed by atoms with van der Waals surface area (Å²) in [6, 6.07) is 16.7. The number of hydrogen-bond acceptors (Lipinski definition) is 3. The van der Waals surface area contributed by atoms with E-state index in [2.05, 4.69) is 10.6 Å². The fourth-order valence-electron chi connectivity index (χ4n) is 2.92. The van der Waals surface area contributed by atoms with E-state index >= 15 is 0 Å². The molecule has 0 atom stereocenters. The molecule has 1 fully saturated rings. The zero-order valence-electron chi connectivity index (χ0n) is 14.2. The fraction of sp³-hybridized carbons (Fsp3) is 0.300. The van der Waals surface area contributed by atoms with Crippen LogP contribution in [0.25, 0.3) is 0 Å². The smallest absolute Gasteiger partial charge is 0.253 e. The minimum absolute atomic E-state index is 0.0725. The maximum Gasteiger partial charge on any atom is 0.253 e. The van der Waals surface area contributed by atoms with Gasteiger partial charge >= 0.3 is 0 Å². The Kier molecular flexibility index (Phi) is 5.67. The van der Waals surface area contributed by atoms with Gasteiger partial charge in [0.05, 0.1) is 6.54 Å². The first-order valence-electron chi connectivity index (χ1n) is 8.70. The SMILES string of the molecule is O=C(CNc1ccccc1)Nc1ccc(C(=O)N2CCCCC2)cc1. The molecule has 2 aromatic carbocycles. The minimum atomic E-state index is -0.126. The summed E-state index contributed by atoms with van der Waals surface area (Å²) in [5.41, 5.74) is 2.26. The van der Waals surface area contributed by atoms with Crippen LogP contribution in [0.2, 0.25) is 0 Å². The predicted molar refractivity (Wildman–Crippen MR) is 99.8 cm³/mol. The highest BCUT2D eigenvalue weighted by Gasteiger charge is 2.17. The number of carbonyl (C=O) groups is 2. The van der Waals surface area contributed by atoms with E-state index in [1.807, 2.05) is 35.2 Å². The monoisotopic (exact) mass is 337 g/mol. The van der Waals surface area contributed by atoms with E-state index in [4.69, 9.17) is 0 Å². The molecule has 130 valence electrons. The Balaban J connectivity index is 1.51. The van der Waals surface area contributed by atoms with Gasteiger partial charge in [0.2, 0.25) is 5.91 Å². The van der Waals surface area contributed by atoms with Crippen molar-refractivity contribution in [3.05, 3.63) is 60.2 Å². The van der Waals surface area contributed by atoms with E-state index in [1.54, 1.807) is 24.3 Å². The van der Waals surface area contributed by atoms with Gasteiger partial charge in [0.1, 0.15) is 0 Å². The van der Waals surface area contributed by atoms with Gasteiger partial charge in [-0.25, -0.2) is 0 Å².